The minimum atomic E-state index is -0.669. The lowest BCUT2D eigenvalue weighted by Gasteiger charge is -2.08. The number of aromatic nitrogens is 4. The molecule has 8 heteroatoms. The molecule has 0 bridgehead atoms. The van der Waals surface area contributed by atoms with Crippen LogP contribution in [0.25, 0.3) is 22.4 Å². The molecule has 4 rings (SSSR count). The molecule has 0 aliphatic heterocycles. The van der Waals surface area contributed by atoms with Crippen molar-refractivity contribution < 1.29 is 8.91 Å². The summed E-state index contributed by atoms with van der Waals surface area (Å²) in [5, 5.41) is 3.97. The fraction of sp³-hybridized carbons (Fsp3) is 0.200. The van der Waals surface area contributed by atoms with E-state index in [-0.39, 0.29) is 5.82 Å². The molecule has 4 aromatic rings. The van der Waals surface area contributed by atoms with E-state index in [4.69, 9.17) is 4.52 Å². The van der Waals surface area contributed by atoms with E-state index in [1.54, 1.807) is 30.3 Å². The summed E-state index contributed by atoms with van der Waals surface area (Å²) in [6.45, 7) is 2.39. The van der Waals surface area contributed by atoms with E-state index in [0.717, 1.165) is 12.0 Å². The lowest BCUT2D eigenvalue weighted by molar-refractivity contribution is 0.385. The number of hydrogen-bond donors (Lipinski definition) is 1. The molecule has 0 unspecified atom stereocenters. The summed E-state index contributed by atoms with van der Waals surface area (Å²) in [6.07, 6.45) is 1.04. The minimum Gasteiger partial charge on any atom is -0.339 e. The second-order valence-corrected chi connectivity index (χ2v) is 6.46. The molecule has 0 saturated carbocycles. The van der Waals surface area contributed by atoms with Crippen LogP contribution in [0.1, 0.15) is 24.8 Å². The summed E-state index contributed by atoms with van der Waals surface area (Å²) >= 11 is 0. The van der Waals surface area contributed by atoms with E-state index in [9.17, 15) is 14.0 Å². The summed E-state index contributed by atoms with van der Waals surface area (Å²) < 4.78 is 20.0. The quantitative estimate of drug-likeness (QED) is 0.537. The summed E-state index contributed by atoms with van der Waals surface area (Å²) in [7, 11) is 0. The van der Waals surface area contributed by atoms with Crippen molar-refractivity contribution in [2.24, 2.45) is 0 Å². The minimum absolute atomic E-state index is 0.311. The molecule has 0 aliphatic rings. The summed E-state index contributed by atoms with van der Waals surface area (Å²) in [5.74, 6) is 0.376. The predicted molar refractivity (Wildman–Crippen MR) is 102 cm³/mol. The van der Waals surface area contributed by atoms with Gasteiger partial charge in [0.05, 0.1) is 17.5 Å². The molecule has 0 spiro atoms. The van der Waals surface area contributed by atoms with Crippen LogP contribution in [0, 0.1) is 5.82 Å². The van der Waals surface area contributed by atoms with E-state index >= 15 is 0 Å². The molecular weight excluding hydrogens is 363 g/mol. The van der Waals surface area contributed by atoms with Gasteiger partial charge in [0.25, 0.3) is 0 Å². The monoisotopic (exact) mass is 380 g/mol. The van der Waals surface area contributed by atoms with Crippen molar-refractivity contribution in [3.8, 4) is 11.4 Å². The zero-order valence-electron chi connectivity index (χ0n) is 15.1. The molecule has 142 valence electrons. The molecule has 0 amide bonds. The van der Waals surface area contributed by atoms with Crippen molar-refractivity contribution in [3.05, 3.63) is 80.4 Å². The van der Waals surface area contributed by atoms with Crippen LogP contribution in [0.5, 0.6) is 0 Å². The van der Waals surface area contributed by atoms with Crippen molar-refractivity contribution in [2.75, 3.05) is 0 Å². The zero-order valence-corrected chi connectivity index (χ0v) is 15.1. The first kappa shape index (κ1) is 17.8. The Kier molecular flexibility index (Phi) is 4.60. The molecule has 7 nitrogen and oxygen atoms in total. The Labute approximate surface area is 158 Å². The molecular formula is C20H17FN4O3. The molecule has 0 atom stereocenters. The number of nitrogens with one attached hydrogen (secondary N) is 1. The lowest BCUT2D eigenvalue weighted by Crippen LogP contribution is -2.36. The molecule has 0 aliphatic carbocycles. The van der Waals surface area contributed by atoms with Crippen LogP contribution in [0.15, 0.2) is 56.6 Å². The fourth-order valence-electron chi connectivity index (χ4n) is 3.13. The normalized spacial score (nSPS) is 11.2. The smallest absolute Gasteiger partial charge is 0.316 e. The SMILES string of the molecule is CCCn1c(=O)c(=O)[nH]c2cc(-c3noc(Cc4cccc(F)c4)n3)ccc21. The lowest BCUT2D eigenvalue weighted by atomic mass is 10.1. The molecule has 2 aromatic heterocycles. The highest BCUT2D eigenvalue weighted by Crippen LogP contribution is 2.21. The zero-order chi connectivity index (χ0) is 19.7. The third-order valence-corrected chi connectivity index (χ3v) is 4.39. The molecule has 0 saturated heterocycles. The Morgan fingerprint density at radius 3 is 2.82 bits per heavy atom. The van der Waals surface area contributed by atoms with Gasteiger partial charge in [-0.25, -0.2) is 4.39 Å². The van der Waals surface area contributed by atoms with Crippen LogP contribution >= 0.6 is 0 Å². The first-order chi connectivity index (χ1) is 13.5. The van der Waals surface area contributed by atoms with Crippen molar-refractivity contribution >= 4 is 11.0 Å². The third kappa shape index (κ3) is 3.36. The van der Waals surface area contributed by atoms with E-state index in [2.05, 4.69) is 15.1 Å². The maximum Gasteiger partial charge on any atom is 0.316 e. The number of benzene rings is 2. The Morgan fingerprint density at radius 2 is 2.04 bits per heavy atom. The summed E-state index contributed by atoms with van der Waals surface area (Å²) in [6, 6.07) is 11.4. The number of H-pyrrole nitrogens is 1. The molecule has 0 radical (unpaired) electrons. The van der Waals surface area contributed by atoms with Gasteiger partial charge in [-0.2, -0.15) is 4.98 Å². The topological polar surface area (TPSA) is 93.8 Å². The van der Waals surface area contributed by atoms with E-state index in [1.807, 2.05) is 6.92 Å². The average molecular weight is 380 g/mol. The fourth-order valence-corrected chi connectivity index (χ4v) is 3.13. The number of halogens is 1. The van der Waals surface area contributed by atoms with Crippen LogP contribution in [0.3, 0.4) is 0 Å². The van der Waals surface area contributed by atoms with Crippen molar-refractivity contribution in [3.63, 3.8) is 0 Å². The van der Waals surface area contributed by atoms with Crippen LogP contribution in [0.4, 0.5) is 4.39 Å². The molecule has 28 heavy (non-hydrogen) atoms. The van der Waals surface area contributed by atoms with Crippen molar-refractivity contribution in [1.82, 2.24) is 19.7 Å². The highest BCUT2D eigenvalue weighted by atomic mass is 19.1. The largest absolute Gasteiger partial charge is 0.339 e. The summed E-state index contributed by atoms with van der Waals surface area (Å²) in [5.41, 5.74) is 1.28. The van der Waals surface area contributed by atoms with Crippen molar-refractivity contribution in [2.45, 2.75) is 26.3 Å². The number of fused-ring (bicyclic) bond motifs is 1. The standard InChI is InChI=1S/C20H17FN4O3/c1-2-8-25-16-7-6-13(11-15(16)22-19(26)20(25)27)18-23-17(28-24-18)10-12-4-3-5-14(21)9-12/h3-7,9,11H,2,8,10H2,1H3,(H,22,26). The van der Waals surface area contributed by atoms with Crippen LogP contribution in [-0.2, 0) is 13.0 Å². The van der Waals surface area contributed by atoms with Gasteiger partial charge in [0, 0.05) is 12.1 Å². The van der Waals surface area contributed by atoms with Gasteiger partial charge in [0.15, 0.2) is 0 Å². The van der Waals surface area contributed by atoms with Gasteiger partial charge in [0.2, 0.25) is 11.7 Å². The molecule has 2 heterocycles. The predicted octanol–water partition coefficient (Wildman–Crippen LogP) is 2.88. The number of aromatic amines is 1. The Morgan fingerprint density at radius 1 is 1.18 bits per heavy atom. The molecule has 0 fully saturated rings. The van der Waals surface area contributed by atoms with Crippen molar-refractivity contribution in [1.29, 1.82) is 0 Å². The Bertz CT molecular complexity index is 1270. The Hall–Kier alpha value is -3.55. The van der Waals surface area contributed by atoms with Gasteiger partial charge < -0.3 is 14.1 Å². The van der Waals surface area contributed by atoms with Crippen LogP contribution in [0.2, 0.25) is 0 Å². The molecule has 1 N–H and O–H groups in total. The van der Waals surface area contributed by atoms with Gasteiger partial charge in [-0.15, -0.1) is 0 Å². The van der Waals surface area contributed by atoms with Gasteiger partial charge in [-0.3, -0.25) is 9.59 Å². The second kappa shape index (κ2) is 7.22. The van der Waals surface area contributed by atoms with E-state index < -0.39 is 11.1 Å². The van der Waals surface area contributed by atoms with Gasteiger partial charge in [-0.05, 0) is 42.3 Å². The maximum absolute atomic E-state index is 13.3. The Balaban J connectivity index is 1.70. The average Bonchev–Trinajstić information content (AvgIpc) is 3.13. The van der Waals surface area contributed by atoms with Gasteiger partial charge in [-0.1, -0.05) is 24.2 Å². The first-order valence-corrected chi connectivity index (χ1v) is 8.89. The van der Waals surface area contributed by atoms with E-state index in [1.165, 1.54) is 16.7 Å². The molecule has 2 aromatic carbocycles. The summed E-state index contributed by atoms with van der Waals surface area (Å²) in [4.78, 5) is 31.0. The van der Waals surface area contributed by atoms with Gasteiger partial charge >= 0.3 is 11.1 Å². The maximum atomic E-state index is 13.3. The highest BCUT2D eigenvalue weighted by Gasteiger charge is 2.13. The van der Waals surface area contributed by atoms with Crippen LogP contribution < -0.4 is 11.1 Å². The number of nitrogens with zero attached hydrogens (tertiary/aromatic N) is 3. The third-order valence-electron chi connectivity index (χ3n) is 4.39. The van der Waals surface area contributed by atoms with E-state index in [0.29, 0.717) is 41.3 Å². The second-order valence-electron chi connectivity index (χ2n) is 6.46. The number of rotatable bonds is 5. The highest BCUT2D eigenvalue weighted by molar-refractivity contribution is 5.80. The number of hydrogen-bond acceptors (Lipinski definition) is 5. The first-order valence-electron chi connectivity index (χ1n) is 8.89. The van der Waals surface area contributed by atoms with Crippen LogP contribution in [-0.4, -0.2) is 19.7 Å². The number of aryl methyl sites for hydroxylation is 1. The van der Waals surface area contributed by atoms with Gasteiger partial charge in [0.1, 0.15) is 5.82 Å².